The number of hydrogen-bond donors (Lipinski definition) is 1. The number of nitriles is 1. The summed E-state index contributed by atoms with van der Waals surface area (Å²) in [6.45, 7) is 4.62. The van der Waals surface area contributed by atoms with Gasteiger partial charge in [0, 0.05) is 19.3 Å². The number of hydrogen-bond acceptors (Lipinski definition) is 4. The molecule has 0 aliphatic carbocycles. The lowest BCUT2D eigenvalue weighted by atomic mass is 9.96. The van der Waals surface area contributed by atoms with Gasteiger partial charge >= 0.3 is 0 Å². The van der Waals surface area contributed by atoms with Gasteiger partial charge in [-0.3, -0.25) is 0 Å². The third-order valence-electron chi connectivity index (χ3n) is 3.50. The molecule has 0 unspecified atom stereocenters. The average Bonchev–Trinajstić information content (AvgIpc) is 2.38. The summed E-state index contributed by atoms with van der Waals surface area (Å²) in [5.74, 6) is 1.46. The molecule has 0 aromatic carbocycles. The Labute approximate surface area is 102 Å². The fourth-order valence-corrected chi connectivity index (χ4v) is 2.30. The number of pyridine rings is 1. The van der Waals surface area contributed by atoms with Crippen LogP contribution in [0.25, 0.3) is 0 Å². The van der Waals surface area contributed by atoms with E-state index in [4.69, 9.17) is 5.73 Å². The zero-order valence-electron chi connectivity index (χ0n) is 10.2. The van der Waals surface area contributed by atoms with E-state index in [1.807, 2.05) is 13.0 Å². The third kappa shape index (κ3) is 2.40. The second-order valence-corrected chi connectivity index (χ2v) is 4.60. The lowest BCUT2D eigenvalue weighted by Gasteiger charge is -2.32. The summed E-state index contributed by atoms with van der Waals surface area (Å²) in [4.78, 5) is 6.56. The Bertz CT molecular complexity index is 428. The number of piperidine rings is 1. The first kappa shape index (κ1) is 11.9. The molecule has 2 heterocycles. The van der Waals surface area contributed by atoms with Crippen LogP contribution in [-0.4, -0.2) is 24.6 Å². The minimum absolute atomic E-state index is 0.626. The Kier molecular flexibility index (Phi) is 3.60. The highest BCUT2D eigenvalue weighted by atomic mass is 15.2. The summed E-state index contributed by atoms with van der Waals surface area (Å²) < 4.78 is 0. The molecule has 0 spiro atoms. The number of aryl methyl sites for hydroxylation is 1. The van der Waals surface area contributed by atoms with Gasteiger partial charge in [-0.1, -0.05) is 0 Å². The molecule has 1 aromatic rings. The summed E-state index contributed by atoms with van der Waals surface area (Å²) in [6, 6.07) is 4.14. The predicted octanol–water partition coefficient (Wildman–Crippen LogP) is 1.44. The van der Waals surface area contributed by atoms with E-state index < -0.39 is 0 Å². The van der Waals surface area contributed by atoms with Gasteiger partial charge in [-0.15, -0.1) is 0 Å². The van der Waals surface area contributed by atoms with Crippen molar-refractivity contribution < 1.29 is 0 Å². The van der Waals surface area contributed by atoms with E-state index in [9.17, 15) is 5.26 Å². The van der Waals surface area contributed by atoms with E-state index in [-0.39, 0.29) is 0 Å². The minimum Gasteiger partial charge on any atom is -0.355 e. The number of anilines is 1. The molecule has 1 aliphatic heterocycles. The van der Waals surface area contributed by atoms with Crippen LogP contribution in [0.4, 0.5) is 5.82 Å². The molecular formula is C13H18N4. The summed E-state index contributed by atoms with van der Waals surface area (Å²) >= 11 is 0. The molecule has 0 radical (unpaired) electrons. The maximum atomic E-state index is 9.19. The van der Waals surface area contributed by atoms with Crippen LogP contribution in [0.2, 0.25) is 0 Å². The zero-order valence-corrected chi connectivity index (χ0v) is 10.2. The molecule has 0 atom stereocenters. The molecule has 0 saturated carbocycles. The molecule has 4 nitrogen and oxygen atoms in total. The van der Waals surface area contributed by atoms with E-state index in [1.54, 1.807) is 6.20 Å². The summed E-state index contributed by atoms with van der Waals surface area (Å²) in [5, 5.41) is 9.19. The molecule has 1 fully saturated rings. The largest absolute Gasteiger partial charge is 0.355 e. The number of nitrogens with zero attached hydrogens (tertiary/aromatic N) is 3. The number of aromatic nitrogens is 1. The van der Waals surface area contributed by atoms with Crippen molar-refractivity contribution in [3.05, 3.63) is 23.4 Å². The van der Waals surface area contributed by atoms with Crippen LogP contribution in [0.1, 0.15) is 24.0 Å². The smallest absolute Gasteiger partial charge is 0.146 e. The highest BCUT2D eigenvalue weighted by Gasteiger charge is 2.21. The van der Waals surface area contributed by atoms with Crippen molar-refractivity contribution in [2.75, 3.05) is 24.5 Å². The van der Waals surface area contributed by atoms with Crippen LogP contribution in [0, 0.1) is 24.2 Å². The first-order valence-corrected chi connectivity index (χ1v) is 6.07. The van der Waals surface area contributed by atoms with Gasteiger partial charge in [0.1, 0.15) is 11.9 Å². The van der Waals surface area contributed by atoms with Crippen LogP contribution in [0.3, 0.4) is 0 Å². The Hall–Kier alpha value is -1.60. The molecule has 17 heavy (non-hydrogen) atoms. The molecule has 1 saturated heterocycles. The van der Waals surface area contributed by atoms with Crippen molar-refractivity contribution in [2.45, 2.75) is 19.8 Å². The van der Waals surface area contributed by atoms with Gasteiger partial charge in [0.25, 0.3) is 0 Å². The van der Waals surface area contributed by atoms with Crippen molar-refractivity contribution >= 4 is 5.82 Å². The Balaban J connectivity index is 2.19. The van der Waals surface area contributed by atoms with Gasteiger partial charge in [0.15, 0.2) is 0 Å². The van der Waals surface area contributed by atoms with Crippen LogP contribution in [-0.2, 0) is 0 Å². The zero-order chi connectivity index (χ0) is 12.3. The summed E-state index contributed by atoms with van der Waals surface area (Å²) in [6.07, 6.45) is 3.97. The maximum Gasteiger partial charge on any atom is 0.146 e. The van der Waals surface area contributed by atoms with Crippen molar-refractivity contribution in [3.63, 3.8) is 0 Å². The van der Waals surface area contributed by atoms with Crippen LogP contribution >= 0.6 is 0 Å². The minimum atomic E-state index is 0.626. The van der Waals surface area contributed by atoms with Gasteiger partial charge in [-0.05, 0) is 43.9 Å². The van der Waals surface area contributed by atoms with Crippen molar-refractivity contribution in [2.24, 2.45) is 11.7 Å². The first-order chi connectivity index (χ1) is 8.26. The number of nitrogens with two attached hydrogens (primary N) is 1. The molecule has 0 amide bonds. The summed E-state index contributed by atoms with van der Waals surface area (Å²) in [5.41, 5.74) is 7.39. The molecule has 90 valence electrons. The molecule has 1 aliphatic rings. The quantitative estimate of drug-likeness (QED) is 0.834. The molecular weight excluding hydrogens is 212 g/mol. The standard InChI is InChI=1S/C13H18N4/c1-10-2-5-16-13(12(10)9-15)17-6-3-11(8-14)4-7-17/h2,5,11H,3-4,6-8,14H2,1H3. The number of rotatable bonds is 2. The monoisotopic (exact) mass is 230 g/mol. The maximum absolute atomic E-state index is 9.19. The molecule has 4 heteroatoms. The molecule has 2 N–H and O–H groups in total. The fourth-order valence-electron chi connectivity index (χ4n) is 2.30. The lowest BCUT2D eigenvalue weighted by molar-refractivity contribution is 0.413. The molecule has 2 rings (SSSR count). The van der Waals surface area contributed by atoms with Crippen LogP contribution < -0.4 is 10.6 Å². The normalized spacial score (nSPS) is 16.9. The van der Waals surface area contributed by atoms with Crippen LogP contribution in [0.15, 0.2) is 12.3 Å². The average molecular weight is 230 g/mol. The highest BCUT2D eigenvalue weighted by Crippen LogP contribution is 2.25. The molecule has 0 bridgehead atoms. The SMILES string of the molecule is Cc1ccnc(N2CCC(CN)CC2)c1C#N. The van der Waals surface area contributed by atoms with E-state index in [1.165, 1.54) is 0 Å². The van der Waals surface area contributed by atoms with E-state index in [0.29, 0.717) is 11.5 Å². The van der Waals surface area contributed by atoms with Gasteiger partial charge in [0.05, 0.1) is 5.56 Å². The predicted molar refractivity (Wildman–Crippen MR) is 67.7 cm³/mol. The first-order valence-electron chi connectivity index (χ1n) is 6.07. The van der Waals surface area contributed by atoms with Crippen molar-refractivity contribution in [1.29, 1.82) is 5.26 Å². The van der Waals surface area contributed by atoms with Gasteiger partial charge in [-0.2, -0.15) is 5.26 Å². The van der Waals surface area contributed by atoms with Gasteiger partial charge < -0.3 is 10.6 Å². The fraction of sp³-hybridized carbons (Fsp3) is 0.538. The van der Waals surface area contributed by atoms with Gasteiger partial charge in [0.2, 0.25) is 0 Å². The third-order valence-corrected chi connectivity index (χ3v) is 3.50. The van der Waals surface area contributed by atoms with Crippen molar-refractivity contribution in [1.82, 2.24) is 4.98 Å². The topological polar surface area (TPSA) is 65.9 Å². The van der Waals surface area contributed by atoms with Crippen LogP contribution in [0.5, 0.6) is 0 Å². The Morgan fingerprint density at radius 2 is 2.24 bits per heavy atom. The van der Waals surface area contributed by atoms with Gasteiger partial charge in [-0.25, -0.2) is 4.98 Å². The second-order valence-electron chi connectivity index (χ2n) is 4.60. The Morgan fingerprint density at radius 1 is 1.53 bits per heavy atom. The highest BCUT2D eigenvalue weighted by molar-refractivity contribution is 5.57. The lowest BCUT2D eigenvalue weighted by Crippen LogP contribution is -2.37. The van der Waals surface area contributed by atoms with E-state index in [2.05, 4.69) is 16.0 Å². The molecule has 1 aromatic heterocycles. The Morgan fingerprint density at radius 3 is 2.82 bits per heavy atom. The van der Waals surface area contributed by atoms with E-state index in [0.717, 1.165) is 43.9 Å². The van der Waals surface area contributed by atoms with E-state index >= 15 is 0 Å². The van der Waals surface area contributed by atoms with Crippen molar-refractivity contribution in [3.8, 4) is 6.07 Å². The second kappa shape index (κ2) is 5.15. The summed E-state index contributed by atoms with van der Waals surface area (Å²) in [7, 11) is 0.